The van der Waals surface area contributed by atoms with Crippen LogP contribution in [0.5, 0.6) is 0 Å². The molecule has 0 aromatic heterocycles. The lowest BCUT2D eigenvalue weighted by atomic mass is 10.1. The number of anilines is 2. The van der Waals surface area contributed by atoms with Crippen LogP contribution >= 0.6 is 0 Å². The number of hydrogen-bond donors (Lipinski definition) is 2. The standard InChI is InChI=1S/C22H30N4O/c1-18-5-3-4-6-19(18)17-23-12-11-22(27)24-20-7-9-21(10-8-20)26-15-13-25(2)14-16-26/h3-10,23H,11-17H2,1-2H3,(H,24,27). The summed E-state index contributed by atoms with van der Waals surface area (Å²) >= 11 is 0. The van der Waals surface area contributed by atoms with Gasteiger partial charge in [-0.1, -0.05) is 24.3 Å². The SMILES string of the molecule is Cc1ccccc1CNCCC(=O)Nc1ccc(N2CCN(C)CC2)cc1. The molecule has 1 fully saturated rings. The molecule has 1 amide bonds. The number of hydrogen-bond acceptors (Lipinski definition) is 4. The van der Waals surface area contributed by atoms with Crippen molar-refractivity contribution in [1.82, 2.24) is 10.2 Å². The zero-order valence-electron chi connectivity index (χ0n) is 16.4. The third-order valence-corrected chi connectivity index (χ3v) is 5.13. The van der Waals surface area contributed by atoms with Crippen LogP contribution in [0.2, 0.25) is 0 Å². The van der Waals surface area contributed by atoms with E-state index in [1.54, 1.807) is 0 Å². The van der Waals surface area contributed by atoms with Crippen molar-refractivity contribution in [2.24, 2.45) is 0 Å². The molecule has 1 heterocycles. The highest BCUT2D eigenvalue weighted by molar-refractivity contribution is 5.91. The molecule has 1 aliphatic heterocycles. The fraction of sp³-hybridized carbons (Fsp3) is 0.409. The van der Waals surface area contributed by atoms with Crippen LogP contribution in [0.4, 0.5) is 11.4 Å². The maximum absolute atomic E-state index is 12.1. The van der Waals surface area contributed by atoms with Gasteiger partial charge in [0.15, 0.2) is 0 Å². The van der Waals surface area contributed by atoms with Gasteiger partial charge in [-0.05, 0) is 49.4 Å². The van der Waals surface area contributed by atoms with Gasteiger partial charge < -0.3 is 20.4 Å². The first-order chi connectivity index (χ1) is 13.1. The Hall–Kier alpha value is -2.37. The molecule has 5 heteroatoms. The van der Waals surface area contributed by atoms with E-state index in [2.05, 4.69) is 58.7 Å². The molecule has 0 radical (unpaired) electrons. The molecule has 2 aromatic rings. The predicted octanol–water partition coefficient (Wildman–Crippen LogP) is 2.87. The van der Waals surface area contributed by atoms with Crippen molar-refractivity contribution < 1.29 is 4.79 Å². The minimum Gasteiger partial charge on any atom is -0.369 e. The van der Waals surface area contributed by atoms with Gasteiger partial charge in [-0.3, -0.25) is 4.79 Å². The van der Waals surface area contributed by atoms with Crippen molar-refractivity contribution in [3.63, 3.8) is 0 Å². The van der Waals surface area contributed by atoms with E-state index in [1.807, 2.05) is 24.3 Å². The molecule has 0 aliphatic carbocycles. The van der Waals surface area contributed by atoms with Crippen LogP contribution < -0.4 is 15.5 Å². The molecule has 2 aromatic carbocycles. The number of likely N-dealkylation sites (N-methyl/N-ethyl adjacent to an activating group) is 1. The summed E-state index contributed by atoms with van der Waals surface area (Å²) in [5.41, 5.74) is 4.63. The number of nitrogens with one attached hydrogen (secondary N) is 2. The van der Waals surface area contributed by atoms with Crippen molar-refractivity contribution in [2.75, 3.05) is 50.0 Å². The lowest BCUT2D eigenvalue weighted by Crippen LogP contribution is -2.44. The fourth-order valence-electron chi connectivity index (χ4n) is 3.28. The third-order valence-electron chi connectivity index (χ3n) is 5.13. The molecule has 144 valence electrons. The first-order valence-corrected chi connectivity index (χ1v) is 9.70. The van der Waals surface area contributed by atoms with E-state index in [1.165, 1.54) is 16.8 Å². The highest BCUT2D eigenvalue weighted by Crippen LogP contribution is 2.19. The fourth-order valence-corrected chi connectivity index (χ4v) is 3.28. The number of aryl methyl sites for hydroxylation is 1. The molecular weight excluding hydrogens is 336 g/mol. The molecule has 0 bridgehead atoms. The average molecular weight is 367 g/mol. The zero-order valence-corrected chi connectivity index (χ0v) is 16.4. The molecule has 5 nitrogen and oxygen atoms in total. The summed E-state index contributed by atoms with van der Waals surface area (Å²) in [4.78, 5) is 16.9. The van der Waals surface area contributed by atoms with E-state index in [0.717, 1.165) is 38.4 Å². The molecule has 0 saturated carbocycles. The van der Waals surface area contributed by atoms with Crippen LogP contribution in [0.1, 0.15) is 17.5 Å². The van der Waals surface area contributed by atoms with Crippen molar-refractivity contribution in [1.29, 1.82) is 0 Å². The van der Waals surface area contributed by atoms with E-state index < -0.39 is 0 Å². The van der Waals surface area contributed by atoms with Gasteiger partial charge in [0, 0.05) is 57.1 Å². The van der Waals surface area contributed by atoms with Crippen LogP contribution in [0, 0.1) is 6.92 Å². The minimum atomic E-state index is 0.0413. The van der Waals surface area contributed by atoms with E-state index >= 15 is 0 Å². The number of rotatable bonds is 7. The van der Waals surface area contributed by atoms with Crippen molar-refractivity contribution >= 4 is 17.3 Å². The summed E-state index contributed by atoms with van der Waals surface area (Å²) in [5.74, 6) is 0.0413. The van der Waals surface area contributed by atoms with Crippen LogP contribution in [-0.4, -0.2) is 50.6 Å². The van der Waals surface area contributed by atoms with Crippen LogP contribution in [-0.2, 0) is 11.3 Å². The summed E-state index contributed by atoms with van der Waals surface area (Å²) in [7, 11) is 2.16. The maximum atomic E-state index is 12.1. The van der Waals surface area contributed by atoms with Gasteiger partial charge in [-0.15, -0.1) is 0 Å². The van der Waals surface area contributed by atoms with Crippen LogP contribution in [0.15, 0.2) is 48.5 Å². The number of piperazine rings is 1. The molecule has 2 N–H and O–H groups in total. The van der Waals surface area contributed by atoms with Gasteiger partial charge in [-0.25, -0.2) is 0 Å². The third kappa shape index (κ3) is 5.81. The van der Waals surface area contributed by atoms with Crippen molar-refractivity contribution in [2.45, 2.75) is 19.9 Å². The maximum Gasteiger partial charge on any atom is 0.225 e. The molecule has 0 atom stereocenters. The largest absolute Gasteiger partial charge is 0.369 e. The van der Waals surface area contributed by atoms with Gasteiger partial charge in [-0.2, -0.15) is 0 Å². The number of carbonyl (C=O) groups is 1. The van der Waals surface area contributed by atoms with E-state index in [4.69, 9.17) is 0 Å². The van der Waals surface area contributed by atoms with Gasteiger partial charge >= 0.3 is 0 Å². The molecule has 1 saturated heterocycles. The highest BCUT2D eigenvalue weighted by atomic mass is 16.1. The van der Waals surface area contributed by atoms with E-state index in [9.17, 15) is 4.79 Å². The normalized spacial score (nSPS) is 15.0. The Morgan fingerprint density at radius 3 is 2.41 bits per heavy atom. The summed E-state index contributed by atoms with van der Waals surface area (Å²) < 4.78 is 0. The zero-order chi connectivity index (χ0) is 19.1. The lowest BCUT2D eigenvalue weighted by Gasteiger charge is -2.34. The second-order valence-corrected chi connectivity index (χ2v) is 7.24. The first-order valence-electron chi connectivity index (χ1n) is 9.70. The van der Waals surface area contributed by atoms with Gasteiger partial charge in [0.1, 0.15) is 0 Å². The number of carbonyl (C=O) groups excluding carboxylic acids is 1. The highest BCUT2D eigenvalue weighted by Gasteiger charge is 2.14. The molecule has 0 unspecified atom stereocenters. The summed E-state index contributed by atoms with van der Waals surface area (Å²) in [6.45, 7) is 7.85. The monoisotopic (exact) mass is 366 g/mol. The first kappa shape index (κ1) is 19.4. The molecule has 27 heavy (non-hydrogen) atoms. The minimum absolute atomic E-state index is 0.0413. The predicted molar refractivity (Wildman–Crippen MR) is 112 cm³/mol. The van der Waals surface area contributed by atoms with E-state index in [-0.39, 0.29) is 5.91 Å². The average Bonchev–Trinajstić information content (AvgIpc) is 2.68. The summed E-state index contributed by atoms with van der Waals surface area (Å²) in [6.07, 6.45) is 0.464. The van der Waals surface area contributed by atoms with Gasteiger partial charge in [0.25, 0.3) is 0 Å². The summed E-state index contributed by atoms with van der Waals surface area (Å²) in [5, 5.41) is 6.33. The lowest BCUT2D eigenvalue weighted by molar-refractivity contribution is -0.116. The van der Waals surface area contributed by atoms with Crippen molar-refractivity contribution in [3.05, 3.63) is 59.7 Å². The number of amides is 1. The topological polar surface area (TPSA) is 47.6 Å². The van der Waals surface area contributed by atoms with Crippen LogP contribution in [0.3, 0.4) is 0 Å². The Balaban J connectivity index is 1.39. The van der Waals surface area contributed by atoms with E-state index in [0.29, 0.717) is 13.0 Å². The smallest absolute Gasteiger partial charge is 0.225 e. The second-order valence-electron chi connectivity index (χ2n) is 7.24. The van der Waals surface area contributed by atoms with Gasteiger partial charge in [0.05, 0.1) is 0 Å². The van der Waals surface area contributed by atoms with Crippen LogP contribution in [0.25, 0.3) is 0 Å². The molecule has 3 rings (SSSR count). The molecule has 1 aliphatic rings. The second kappa shape index (κ2) is 9.53. The van der Waals surface area contributed by atoms with Crippen molar-refractivity contribution in [3.8, 4) is 0 Å². The Morgan fingerprint density at radius 2 is 1.70 bits per heavy atom. The Bertz CT molecular complexity index is 736. The quantitative estimate of drug-likeness (QED) is 0.740. The Labute approximate surface area is 162 Å². The Kier molecular flexibility index (Phi) is 6.85. The Morgan fingerprint density at radius 1 is 1.00 bits per heavy atom. The number of nitrogens with zero attached hydrogens (tertiary/aromatic N) is 2. The summed E-state index contributed by atoms with van der Waals surface area (Å²) in [6, 6.07) is 16.5. The van der Waals surface area contributed by atoms with Gasteiger partial charge in [0.2, 0.25) is 5.91 Å². The number of benzene rings is 2. The molecule has 0 spiro atoms. The molecular formula is C22H30N4O.